The molecule has 1 aliphatic rings. The molecule has 1 aliphatic heterocycles. The molecule has 0 spiro atoms. The van der Waals surface area contributed by atoms with Crippen molar-refractivity contribution in [3.8, 4) is 0 Å². The Kier molecular flexibility index (Phi) is 8.60. The number of amides is 1. The monoisotopic (exact) mass is 537 g/mol. The van der Waals surface area contributed by atoms with Gasteiger partial charge in [-0.25, -0.2) is 13.4 Å². The van der Waals surface area contributed by atoms with Crippen LogP contribution in [0.5, 0.6) is 0 Å². The zero-order chi connectivity index (χ0) is 24.5. The maximum absolute atomic E-state index is 13.7. The fraction of sp³-hybridized carbons (Fsp3) is 0.440. The molecule has 4 rings (SSSR count). The van der Waals surface area contributed by atoms with Gasteiger partial charge in [0.25, 0.3) is 5.91 Å². The van der Waals surface area contributed by atoms with Gasteiger partial charge in [-0.05, 0) is 35.2 Å². The molecule has 0 atom stereocenters. The maximum Gasteiger partial charge on any atom is 0.260 e. The molecule has 10 heteroatoms. The van der Waals surface area contributed by atoms with Crippen LogP contribution in [0.25, 0.3) is 10.2 Å². The van der Waals surface area contributed by atoms with E-state index < -0.39 is 9.84 Å². The Balaban J connectivity index is 0.00000342. The number of rotatable bonds is 6. The van der Waals surface area contributed by atoms with Gasteiger partial charge in [-0.2, -0.15) is 0 Å². The van der Waals surface area contributed by atoms with Crippen molar-refractivity contribution in [3.05, 3.63) is 53.6 Å². The van der Waals surface area contributed by atoms with Crippen LogP contribution in [0, 0.1) is 0 Å². The van der Waals surface area contributed by atoms with Gasteiger partial charge in [0.2, 0.25) is 0 Å². The number of benzene rings is 2. The van der Waals surface area contributed by atoms with Crippen molar-refractivity contribution in [1.82, 2.24) is 9.88 Å². The van der Waals surface area contributed by atoms with Gasteiger partial charge in [-0.15, -0.1) is 12.4 Å². The Morgan fingerprint density at radius 2 is 1.77 bits per heavy atom. The van der Waals surface area contributed by atoms with E-state index in [0.717, 1.165) is 23.4 Å². The topological polar surface area (TPSA) is 79.8 Å². The second-order valence-electron chi connectivity index (χ2n) is 9.61. The lowest BCUT2D eigenvalue weighted by atomic mass is 9.86. The highest BCUT2D eigenvalue weighted by Crippen LogP contribution is 2.33. The van der Waals surface area contributed by atoms with Gasteiger partial charge < -0.3 is 4.74 Å². The Labute approximate surface area is 217 Å². The summed E-state index contributed by atoms with van der Waals surface area (Å²) in [7, 11) is -3.44. The lowest BCUT2D eigenvalue weighted by molar-refractivity contribution is 0.0391. The molecular formula is C25H32ClN3O4S2. The van der Waals surface area contributed by atoms with Crippen LogP contribution in [-0.4, -0.2) is 69.9 Å². The number of nitrogens with zero attached hydrogens (tertiary/aromatic N) is 3. The van der Waals surface area contributed by atoms with E-state index in [1.807, 2.05) is 30.3 Å². The summed E-state index contributed by atoms with van der Waals surface area (Å²) in [5.74, 6) is -0.145. The Hall–Kier alpha value is -2.04. The average Bonchev–Trinajstić information content (AvgIpc) is 3.22. The van der Waals surface area contributed by atoms with E-state index in [1.54, 1.807) is 17.0 Å². The summed E-state index contributed by atoms with van der Waals surface area (Å²) in [5.41, 5.74) is 2.14. The van der Waals surface area contributed by atoms with Crippen molar-refractivity contribution in [3.63, 3.8) is 0 Å². The number of aromatic nitrogens is 1. The number of morpholine rings is 1. The lowest BCUT2D eigenvalue weighted by Crippen LogP contribution is -2.43. The minimum absolute atomic E-state index is 0. The standard InChI is InChI=1S/C25H31N3O4S2.ClH/c1-25(2,3)19-10-8-18(9-11-19)23(29)28(13-12-27-14-16-32-17-15-27)24-26-22-20(33-24)6-5-7-21(22)34(4,30)31;/h5-11H,12-17H2,1-4H3;1H. The quantitative estimate of drug-likeness (QED) is 0.464. The molecule has 35 heavy (non-hydrogen) atoms. The van der Waals surface area contributed by atoms with Crippen molar-refractivity contribution in [2.45, 2.75) is 31.1 Å². The number of halogens is 1. The van der Waals surface area contributed by atoms with Crippen LogP contribution >= 0.6 is 23.7 Å². The van der Waals surface area contributed by atoms with Gasteiger partial charge in [0.1, 0.15) is 5.52 Å². The van der Waals surface area contributed by atoms with Crippen LogP contribution in [0.4, 0.5) is 5.13 Å². The third kappa shape index (κ3) is 6.40. The van der Waals surface area contributed by atoms with Crippen molar-refractivity contribution in [1.29, 1.82) is 0 Å². The van der Waals surface area contributed by atoms with E-state index in [0.29, 0.717) is 42.5 Å². The minimum atomic E-state index is -3.44. The van der Waals surface area contributed by atoms with Crippen molar-refractivity contribution >= 4 is 54.8 Å². The summed E-state index contributed by atoms with van der Waals surface area (Å²) < 4.78 is 30.8. The van der Waals surface area contributed by atoms with Gasteiger partial charge in [-0.3, -0.25) is 14.6 Å². The number of carbonyl (C=O) groups excluding carboxylic acids is 1. The second kappa shape index (κ2) is 10.9. The van der Waals surface area contributed by atoms with E-state index in [2.05, 4.69) is 30.7 Å². The predicted molar refractivity (Wildman–Crippen MR) is 144 cm³/mol. The van der Waals surface area contributed by atoms with Gasteiger partial charge in [0, 0.05) is 38.0 Å². The predicted octanol–water partition coefficient (Wildman–Crippen LogP) is 4.40. The number of fused-ring (bicyclic) bond motifs is 1. The van der Waals surface area contributed by atoms with Crippen molar-refractivity contribution < 1.29 is 17.9 Å². The molecule has 0 bridgehead atoms. The van der Waals surface area contributed by atoms with Crippen LogP contribution in [0.2, 0.25) is 0 Å². The Bertz CT molecular complexity index is 1280. The molecular weight excluding hydrogens is 506 g/mol. The summed E-state index contributed by atoms with van der Waals surface area (Å²) in [6.07, 6.45) is 1.18. The smallest absolute Gasteiger partial charge is 0.260 e. The summed E-state index contributed by atoms with van der Waals surface area (Å²) >= 11 is 1.34. The van der Waals surface area contributed by atoms with Gasteiger partial charge >= 0.3 is 0 Å². The third-order valence-corrected chi connectivity index (χ3v) is 8.16. The van der Waals surface area contributed by atoms with Crippen LogP contribution in [0.15, 0.2) is 47.4 Å². The SMILES string of the molecule is CC(C)(C)c1ccc(C(=O)N(CCN2CCOCC2)c2nc3c(S(C)(=O)=O)cccc3s2)cc1.Cl. The number of hydrogen-bond donors (Lipinski definition) is 0. The molecule has 0 unspecified atom stereocenters. The Morgan fingerprint density at radius 1 is 1.11 bits per heavy atom. The molecule has 1 aromatic heterocycles. The van der Waals surface area contributed by atoms with Gasteiger partial charge in [0.15, 0.2) is 15.0 Å². The summed E-state index contributed by atoms with van der Waals surface area (Å²) in [6.45, 7) is 10.6. The molecule has 190 valence electrons. The normalized spacial score (nSPS) is 15.1. The molecule has 3 aromatic rings. The first kappa shape index (κ1) is 27.5. The molecule has 1 amide bonds. The first-order valence-electron chi connectivity index (χ1n) is 11.4. The summed E-state index contributed by atoms with van der Waals surface area (Å²) in [6, 6.07) is 12.8. The molecule has 0 saturated carbocycles. The molecule has 0 aliphatic carbocycles. The zero-order valence-electron chi connectivity index (χ0n) is 20.5. The highest BCUT2D eigenvalue weighted by atomic mass is 35.5. The largest absolute Gasteiger partial charge is 0.379 e. The molecule has 2 aromatic carbocycles. The van der Waals surface area contributed by atoms with E-state index in [4.69, 9.17) is 4.74 Å². The molecule has 7 nitrogen and oxygen atoms in total. The van der Waals surface area contributed by atoms with Crippen LogP contribution in [0.1, 0.15) is 36.7 Å². The number of carbonyl (C=O) groups is 1. The summed E-state index contributed by atoms with van der Waals surface area (Å²) in [4.78, 5) is 22.4. The first-order chi connectivity index (χ1) is 16.0. The molecule has 1 saturated heterocycles. The lowest BCUT2D eigenvalue weighted by Gasteiger charge is -2.29. The van der Waals surface area contributed by atoms with Gasteiger partial charge in [-0.1, -0.05) is 50.3 Å². The number of ether oxygens (including phenoxy) is 1. The van der Waals surface area contributed by atoms with Crippen molar-refractivity contribution in [2.75, 3.05) is 50.5 Å². The average molecular weight is 538 g/mol. The van der Waals surface area contributed by atoms with Crippen LogP contribution in [-0.2, 0) is 20.0 Å². The molecule has 0 N–H and O–H groups in total. The fourth-order valence-corrected chi connectivity index (χ4v) is 5.86. The number of para-hydroxylation sites is 1. The van der Waals surface area contributed by atoms with E-state index in [-0.39, 0.29) is 28.6 Å². The Morgan fingerprint density at radius 3 is 2.37 bits per heavy atom. The fourth-order valence-electron chi connectivity index (χ4n) is 3.95. The minimum Gasteiger partial charge on any atom is -0.379 e. The third-order valence-electron chi connectivity index (χ3n) is 5.99. The maximum atomic E-state index is 13.7. The number of thiazole rings is 1. The number of hydrogen-bond acceptors (Lipinski definition) is 7. The highest BCUT2D eigenvalue weighted by Gasteiger charge is 2.25. The van der Waals surface area contributed by atoms with Crippen LogP contribution < -0.4 is 4.90 Å². The van der Waals surface area contributed by atoms with Gasteiger partial charge in [0.05, 0.1) is 22.8 Å². The second-order valence-corrected chi connectivity index (χ2v) is 12.6. The molecule has 2 heterocycles. The zero-order valence-corrected chi connectivity index (χ0v) is 22.9. The number of sulfone groups is 1. The van der Waals surface area contributed by atoms with Crippen molar-refractivity contribution in [2.24, 2.45) is 0 Å². The first-order valence-corrected chi connectivity index (χ1v) is 14.1. The molecule has 0 radical (unpaired) electrons. The van der Waals surface area contributed by atoms with Crippen LogP contribution in [0.3, 0.4) is 0 Å². The molecule has 1 fully saturated rings. The van der Waals surface area contributed by atoms with E-state index in [1.165, 1.54) is 17.6 Å². The summed E-state index contributed by atoms with van der Waals surface area (Å²) in [5, 5.41) is 0.504. The van der Waals surface area contributed by atoms with E-state index >= 15 is 0 Å². The number of anilines is 1. The van der Waals surface area contributed by atoms with E-state index in [9.17, 15) is 13.2 Å². The highest BCUT2D eigenvalue weighted by molar-refractivity contribution is 7.91.